The van der Waals surface area contributed by atoms with Crippen LogP contribution in [-0.2, 0) is 4.74 Å². The van der Waals surface area contributed by atoms with Gasteiger partial charge in [-0.3, -0.25) is 0 Å². The molecule has 4 aliphatic rings. The fraction of sp³-hybridized carbons (Fsp3) is 0.923. The van der Waals surface area contributed by atoms with Crippen LogP contribution < -0.4 is 5.32 Å². The molecule has 4 bridgehead atoms. The summed E-state index contributed by atoms with van der Waals surface area (Å²) in [5.74, 6) is 0. The van der Waals surface area contributed by atoms with Crippen molar-refractivity contribution in [2.24, 2.45) is 0 Å². The smallest absolute Gasteiger partial charge is 0.410 e. The molecule has 4 heteroatoms. The quantitative estimate of drug-likeness (QED) is 0.700. The van der Waals surface area contributed by atoms with Gasteiger partial charge in [0.15, 0.2) is 0 Å². The second-order valence-electron chi connectivity index (χ2n) is 6.70. The third-order valence-electron chi connectivity index (χ3n) is 4.09. The van der Waals surface area contributed by atoms with E-state index in [2.05, 4.69) is 5.32 Å². The molecule has 0 saturated carbocycles. The monoisotopic (exact) mass is 238 g/mol. The van der Waals surface area contributed by atoms with Crippen molar-refractivity contribution in [3.63, 3.8) is 0 Å². The summed E-state index contributed by atoms with van der Waals surface area (Å²) in [6.07, 6.45) is 4.31. The van der Waals surface area contributed by atoms with Gasteiger partial charge in [0.05, 0.1) is 0 Å². The van der Waals surface area contributed by atoms with Crippen LogP contribution in [0.2, 0.25) is 0 Å². The molecule has 0 aliphatic carbocycles. The van der Waals surface area contributed by atoms with Gasteiger partial charge in [-0.2, -0.15) is 0 Å². The lowest BCUT2D eigenvalue weighted by atomic mass is 9.75. The minimum absolute atomic E-state index is 0.105. The third kappa shape index (κ3) is 2.03. The Morgan fingerprint density at radius 2 is 1.59 bits per heavy atom. The minimum Gasteiger partial charge on any atom is -0.444 e. The number of carbonyl (C=O) groups is 1. The first-order valence-electron chi connectivity index (χ1n) is 6.70. The number of carbonyl (C=O) groups excluding carboxylic acids is 1. The highest BCUT2D eigenvalue weighted by Crippen LogP contribution is 2.39. The summed E-state index contributed by atoms with van der Waals surface area (Å²) >= 11 is 0. The van der Waals surface area contributed by atoms with E-state index in [1.54, 1.807) is 0 Å². The molecule has 1 amide bonds. The van der Waals surface area contributed by atoms with E-state index in [-0.39, 0.29) is 11.7 Å². The zero-order valence-electron chi connectivity index (χ0n) is 10.9. The zero-order valence-corrected chi connectivity index (χ0v) is 10.9. The van der Waals surface area contributed by atoms with Crippen molar-refractivity contribution in [2.75, 3.05) is 0 Å². The van der Waals surface area contributed by atoms with E-state index in [1.165, 1.54) is 0 Å². The number of ether oxygens (including phenoxy) is 1. The van der Waals surface area contributed by atoms with Crippen molar-refractivity contribution in [1.82, 2.24) is 10.2 Å². The average molecular weight is 238 g/mol. The van der Waals surface area contributed by atoms with Gasteiger partial charge in [-0.1, -0.05) is 0 Å². The Hall–Kier alpha value is -0.770. The standard InChI is InChI=1S/C13H22N2O2/c1-13(2,3)17-12(16)15-10-4-8-5-11(15)7-9(6-10)14-8/h8-11,14H,4-7H2,1-3H3. The fourth-order valence-electron chi connectivity index (χ4n) is 3.67. The van der Waals surface area contributed by atoms with Gasteiger partial charge < -0.3 is 15.0 Å². The molecule has 4 nitrogen and oxygen atoms in total. The molecule has 4 heterocycles. The Labute approximate surface area is 103 Å². The van der Waals surface area contributed by atoms with Gasteiger partial charge in [0.25, 0.3) is 0 Å². The summed E-state index contributed by atoms with van der Waals surface area (Å²) in [5, 5.41) is 3.64. The average Bonchev–Trinajstić information content (AvgIpc) is 2.11. The molecule has 0 aromatic rings. The van der Waals surface area contributed by atoms with Gasteiger partial charge in [0, 0.05) is 24.2 Å². The van der Waals surface area contributed by atoms with Gasteiger partial charge in [-0.15, -0.1) is 0 Å². The number of nitrogens with zero attached hydrogens (tertiary/aromatic N) is 1. The lowest BCUT2D eigenvalue weighted by Gasteiger charge is -2.56. The highest BCUT2D eigenvalue weighted by atomic mass is 16.6. The highest BCUT2D eigenvalue weighted by molar-refractivity contribution is 5.69. The third-order valence-corrected chi connectivity index (χ3v) is 4.09. The van der Waals surface area contributed by atoms with Gasteiger partial charge in [-0.05, 0) is 46.5 Å². The Bertz CT molecular complexity index is 307. The van der Waals surface area contributed by atoms with Crippen LogP contribution in [0.1, 0.15) is 46.5 Å². The fourth-order valence-corrected chi connectivity index (χ4v) is 3.67. The lowest BCUT2D eigenvalue weighted by Crippen LogP contribution is -2.68. The number of hydrogen-bond acceptors (Lipinski definition) is 3. The van der Waals surface area contributed by atoms with E-state index in [4.69, 9.17) is 4.74 Å². The largest absolute Gasteiger partial charge is 0.444 e. The highest BCUT2D eigenvalue weighted by Gasteiger charge is 2.49. The summed E-state index contributed by atoms with van der Waals surface area (Å²) in [6, 6.07) is 2.09. The lowest BCUT2D eigenvalue weighted by molar-refractivity contribution is -0.0496. The number of amides is 1. The minimum atomic E-state index is -0.385. The summed E-state index contributed by atoms with van der Waals surface area (Å²) < 4.78 is 5.53. The van der Waals surface area contributed by atoms with Gasteiger partial charge in [0.2, 0.25) is 0 Å². The maximum Gasteiger partial charge on any atom is 0.410 e. The van der Waals surface area contributed by atoms with E-state index in [9.17, 15) is 4.79 Å². The SMILES string of the molecule is CC(C)(C)OC(=O)N1C2CC3CC1CC(C2)N3. The Morgan fingerprint density at radius 3 is 2.00 bits per heavy atom. The maximum atomic E-state index is 12.2. The summed E-state index contributed by atoms with van der Waals surface area (Å²) in [5.41, 5.74) is -0.385. The first-order valence-corrected chi connectivity index (χ1v) is 6.70. The van der Waals surface area contributed by atoms with Crippen molar-refractivity contribution in [1.29, 1.82) is 0 Å². The maximum absolute atomic E-state index is 12.2. The van der Waals surface area contributed by atoms with Crippen LogP contribution >= 0.6 is 0 Å². The van der Waals surface area contributed by atoms with Crippen molar-refractivity contribution >= 4 is 6.09 Å². The number of nitrogens with one attached hydrogen (secondary N) is 1. The first-order chi connectivity index (χ1) is 7.92. The molecule has 0 spiro atoms. The van der Waals surface area contributed by atoms with Crippen LogP contribution in [-0.4, -0.2) is 40.8 Å². The molecule has 0 aromatic carbocycles. The molecule has 4 rings (SSSR count). The predicted molar refractivity (Wildman–Crippen MR) is 64.8 cm³/mol. The molecule has 0 radical (unpaired) electrons. The predicted octanol–water partition coefficient (Wildman–Crippen LogP) is 1.89. The summed E-state index contributed by atoms with van der Waals surface area (Å²) in [7, 11) is 0. The van der Waals surface area contributed by atoms with E-state index >= 15 is 0 Å². The van der Waals surface area contributed by atoms with Crippen LogP contribution in [0.5, 0.6) is 0 Å². The van der Waals surface area contributed by atoms with Crippen LogP contribution in [0, 0.1) is 0 Å². The van der Waals surface area contributed by atoms with E-state index in [0.29, 0.717) is 24.2 Å². The molecule has 0 aromatic heterocycles. The van der Waals surface area contributed by atoms with Crippen LogP contribution in [0.25, 0.3) is 0 Å². The molecular weight excluding hydrogens is 216 g/mol. The second-order valence-corrected chi connectivity index (χ2v) is 6.70. The van der Waals surface area contributed by atoms with Crippen molar-refractivity contribution in [3.05, 3.63) is 0 Å². The number of rotatable bonds is 0. The molecule has 0 unspecified atom stereocenters. The molecule has 4 saturated heterocycles. The molecule has 96 valence electrons. The zero-order chi connectivity index (χ0) is 12.2. The Morgan fingerprint density at radius 1 is 1.12 bits per heavy atom. The van der Waals surface area contributed by atoms with Crippen LogP contribution in [0.3, 0.4) is 0 Å². The van der Waals surface area contributed by atoms with E-state index in [0.717, 1.165) is 25.7 Å². The Balaban J connectivity index is 1.73. The van der Waals surface area contributed by atoms with E-state index < -0.39 is 0 Å². The topological polar surface area (TPSA) is 41.6 Å². The van der Waals surface area contributed by atoms with Crippen LogP contribution in [0.4, 0.5) is 4.79 Å². The first kappa shape index (κ1) is 11.3. The van der Waals surface area contributed by atoms with Crippen molar-refractivity contribution in [2.45, 2.75) is 76.2 Å². The van der Waals surface area contributed by atoms with Crippen LogP contribution in [0.15, 0.2) is 0 Å². The number of piperidine rings is 4. The van der Waals surface area contributed by atoms with Crippen molar-refractivity contribution < 1.29 is 9.53 Å². The summed E-state index contributed by atoms with van der Waals surface area (Å²) in [4.78, 5) is 14.3. The Kier molecular flexibility index (Phi) is 2.41. The van der Waals surface area contributed by atoms with Crippen molar-refractivity contribution in [3.8, 4) is 0 Å². The molecule has 4 fully saturated rings. The molecule has 17 heavy (non-hydrogen) atoms. The normalized spacial score (nSPS) is 39.6. The molecule has 1 N–H and O–H groups in total. The molecular formula is C13H22N2O2. The van der Waals surface area contributed by atoms with E-state index in [1.807, 2.05) is 25.7 Å². The molecule has 4 aliphatic heterocycles. The number of hydrogen-bond donors (Lipinski definition) is 1. The molecule has 0 atom stereocenters. The summed E-state index contributed by atoms with van der Waals surface area (Å²) in [6.45, 7) is 5.80. The van der Waals surface area contributed by atoms with Gasteiger partial charge in [-0.25, -0.2) is 4.79 Å². The second kappa shape index (κ2) is 3.61. The van der Waals surface area contributed by atoms with Gasteiger partial charge in [0.1, 0.15) is 5.60 Å². The van der Waals surface area contributed by atoms with Gasteiger partial charge >= 0.3 is 6.09 Å².